The van der Waals surface area contributed by atoms with Crippen LogP contribution in [0.2, 0.25) is 0 Å². The SMILES string of the molecule is NS(=O)(=O)c1ccc(Cc2c(-c3cccc(OCc4ccccc4)c3)nn(-c3nc(C(=O)O)cs3)c2CC2CC2)cc1F. The quantitative estimate of drug-likeness (QED) is 0.197. The van der Waals surface area contributed by atoms with Crippen LogP contribution in [0.1, 0.15) is 45.7 Å². The summed E-state index contributed by atoms with van der Waals surface area (Å²) >= 11 is 1.18. The van der Waals surface area contributed by atoms with Gasteiger partial charge in [0.05, 0.1) is 11.4 Å². The van der Waals surface area contributed by atoms with Gasteiger partial charge in [-0.2, -0.15) is 5.10 Å². The molecule has 0 bridgehead atoms. The molecular formula is C31H27FN4O5S2. The van der Waals surface area contributed by atoms with Crippen LogP contribution in [0.15, 0.2) is 83.1 Å². The Morgan fingerprint density at radius 3 is 2.53 bits per heavy atom. The van der Waals surface area contributed by atoms with Crippen LogP contribution in [0.25, 0.3) is 16.4 Å². The van der Waals surface area contributed by atoms with Crippen LogP contribution in [0.4, 0.5) is 4.39 Å². The molecule has 0 unspecified atom stereocenters. The van der Waals surface area contributed by atoms with E-state index in [4.69, 9.17) is 15.0 Å². The molecule has 0 aliphatic heterocycles. The third-order valence-corrected chi connectivity index (χ3v) is 8.96. The van der Waals surface area contributed by atoms with Crippen LogP contribution >= 0.6 is 11.3 Å². The largest absolute Gasteiger partial charge is 0.489 e. The van der Waals surface area contributed by atoms with Crippen LogP contribution in [0, 0.1) is 11.7 Å². The average Bonchev–Trinajstić information content (AvgIpc) is 3.54. The molecule has 0 radical (unpaired) electrons. The molecule has 0 spiro atoms. The summed E-state index contributed by atoms with van der Waals surface area (Å²) in [6.45, 7) is 0.380. The number of rotatable bonds is 11. The number of nitrogens with two attached hydrogens (primary N) is 1. The fourth-order valence-corrected chi connectivity index (χ4v) is 6.25. The first-order valence-electron chi connectivity index (χ1n) is 13.5. The van der Waals surface area contributed by atoms with E-state index >= 15 is 0 Å². The van der Waals surface area contributed by atoms with Crippen LogP contribution in [-0.2, 0) is 29.5 Å². The summed E-state index contributed by atoms with van der Waals surface area (Å²) in [6.07, 6.45) is 3.02. The maximum Gasteiger partial charge on any atom is 0.355 e. The lowest BCUT2D eigenvalue weighted by molar-refractivity contribution is 0.0691. The van der Waals surface area contributed by atoms with Crippen molar-refractivity contribution in [1.29, 1.82) is 0 Å². The van der Waals surface area contributed by atoms with Crippen LogP contribution < -0.4 is 9.88 Å². The number of thiazole rings is 1. The fourth-order valence-electron chi connectivity index (χ4n) is 4.89. The molecule has 6 rings (SSSR count). The molecule has 1 aliphatic rings. The first-order valence-corrected chi connectivity index (χ1v) is 16.0. The molecule has 1 aliphatic carbocycles. The molecule has 3 aromatic carbocycles. The van der Waals surface area contributed by atoms with E-state index in [2.05, 4.69) is 4.98 Å². The van der Waals surface area contributed by atoms with Crippen molar-refractivity contribution in [1.82, 2.24) is 14.8 Å². The molecule has 1 saturated carbocycles. The van der Waals surface area contributed by atoms with E-state index in [1.807, 2.05) is 54.6 Å². The van der Waals surface area contributed by atoms with E-state index < -0.39 is 26.7 Å². The van der Waals surface area contributed by atoms with Crippen molar-refractivity contribution in [3.63, 3.8) is 0 Å². The van der Waals surface area contributed by atoms with Gasteiger partial charge in [0, 0.05) is 22.9 Å². The highest BCUT2D eigenvalue weighted by atomic mass is 32.2. The van der Waals surface area contributed by atoms with Crippen LogP contribution in [0.5, 0.6) is 5.75 Å². The number of hydrogen-bond acceptors (Lipinski definition) is 7. The Labute approximate surface area is 251 Å². The van der Waals surface area contributed by atoms with Crippen molar-refractivity contribution in [3.8, 4) is 22.1 Å². The minimum atomic E-state index is -4.22. The van der Waals surface area contributed by atoms with Crippen LogP contribution in [-0.4, -0.2) is 34.3 Å². The Morgan fingerprint density at radius 1 is 1.07 bits per heavy atom. The average molecular weight is 619 g/mol. The van der Waals surface area contributed by atoms with E-state index in [1.165, 1.54) is 34.9 Å². The molecule has 2 heterocycles. The Hall–Kier alpha value is -4.39. The van der Waals surface area contributed by atoms with Gasteiger partial charge in [-0.05, 0) is 60.6 Å². The monoisotopic (exact) mass is 618 g/mol. The molecule has 43 heavy (non-hydrogen) atoms. The second-order valence-electron chi connectivity index (χ2n) is 10.4. The number of aromatic carboxylic acids is 1. The standard InChI is InChI=1S/C31H27FN4O5S2/c32-25-14-21(11-12-28(25)43(33,39)40)13-24-27(15-19-9-10-19)36(31-34-26(18-42-31)30(37)38)35-29(24)22-7-4-8-23(16-22)41-17-20-5-2-1-3-6-20/h1-8,11-12,14,16,18-19H,9-10,13,15,17H2,(H,37,38)(H2,33,39,40). The lowest BCUT2D eigenvalue weighted by Gasteiger charge is -2.11. The first kappa shape index (κ1) is 28.7. The zero-order valence-corrected chi connectivity index (χ0v) is 24.4. The predicted octanol–water partition coefficient (Wildman–Crippen LogP) is 5.60. The normalized spacial score (nSPS) is 13.3. The minimum absolute atomic E-state index is 0.0760. The number of aromatic nitrogens is 3. The third-order valence-electron chi connectivity index (χ3n) is 7.20. The summed E-state index contributed by atoms with van der Waals surface area (Å²) in [6, 6.07) is 21.2. The summed E-state index contributed by atoms with van der Waals surface area (Å²) in [4.78, 5) is 15.3. The van der Waals surface area contributed by atoms with Gasteiger partial charge in [0.2, 0.25) is 15.2 Å². The van der Waals surface area contributed by atoms with Crippen molar-refractivity contribution in [2.75, 3.05) is 0 Å². The number of nitrogens with zero attached hydrogens (tertiary/aromatic N) is 3. The number of ether oxygens (including phenoxy) is 1. The molecule has 12 heteroatoms. The summed E-state index contributed by atoms with van der Waals surface area (Å²) < 4.78 is 46.2. The van der Waals surface area contributed by atoms with Gasteiger partial charge in [-0.15, -0.1) is 11.3 Å². The predicted molar refractivity (Wildman–Crippen MR) is 159 cm³/mol. The Bertz CT molecular complexity index is 1920. The Kier molecular flexibility index (Phi) is 7.82. The summed E-state index contributed by atoms with van der Waals surface area (Å²) in [5, 5.41) is 21.5. The van der Waals surface area contributed by atoms with Crippen molar-refractivity contribution >= 4 is 27.3 Å². The van der Waals surface area contributed by atoms with E-state index in [0.29, 0.717) is 41.1 Å². The number of sulfonamides is 1. The van der Waals surface area contributed by atoms with Gasteiger partial charge in [-0.1, -0.05) is 48.5 Å². The van der Waals surface area contributed by atoms with Crippen molar-refractivity contribution in [2.45, 2.75) is 37.2 Å². The molecule has 2 aromatic heterocycles. The zero-order chi connectivity index (χ0) is 30.1. The Morgan fingerprint density at radius 2 is 1.86 bits per heavy atom. The first-order chi connectivity index (χ1) is 20.7. The van der Waals surface area contributed by atoms with Crippen molar-refractivity contribution in [2.24, 2.45) is 11.1 Å². The number of benzene rings is 3. The van der Waals surface area contributed by atoms with E-state index in [9.17, 15) is 22.7 Å². The number of carboxylic acid groups (broad SMARTS) is 1. The highest BCUT2D eigenvalue weighted by Gasteiger charge is 2.29. The van der Waals surface area contributed by atoms with Crippen molar-refractivity contribution < 1.29 is 27.4 Å². The van der Waals surface area contributed by atoms with E-state index in [1.54, 1.807) is 4.68 Å². The van der Waals surface area contributed by atoms with Crippen LogP contribution in [0.3, 0.4) is 0 Å². The summed E-state index contributed by atoms with van der Waals surface area (Å²) in [7, 11) is -4.22. The molecule has 5 aromatic rings. The maximum atomic E-state index is 14.9. The minimum Gasteiger partial charge on any atom is -0.489 e. The molecule has 220 valence electrons. The smallest absolute Gasteiger partial charge is 0.355 e. The third kappa shape index (κ3) is 6.51. The number of halogens is 1. The molecule has 0 saturated heterocycles. The topological polar surface area (TPSA) is 137 Å². The summed E-state index contributed by atoms with van der Waals surface area (Å²) in [5.74, 6) is -0.993. The van der Waals surface area contributed by atoms with Gasteiger partial charge in [0.25, 0.3) is 0 Å². The Balaban J connectivity index is 1.45. The van der Waals surface area contributed by atoms with Gasteiger partial charge in [0.1, 0.15) is 23.1 Å². The molecule has 3 N–H and O–H groups in total. The number of carbonyl (C=O) groups is 1. The zero-order valence-electron chi connectivity index (χ0n) is 22.8. The van der Waals surface area contributed by atoms with Gasteiger partial charge in [-0.25, -0.2) is 32.4 Å². The highest BCUT2D eigenvalue weighted by Crippen LogP contribution is 2.38. The number of primary sulfonamides is 1. The lowest BCUT2D eigenvalue weighted by Crippen LogP contribution is -2.14. The molecular weight excluding hydrogens is 591 g/mol. The lowest BCUT2D eigenvalue weighted by atomic mass is 9.97. The van der Waals surface area contributed by atoms with Gasteiger partial charge in [0.15, 0.2) is 5.69 Å². The van der Waals surface area contributed by atoms with Crippen molar-refractivity contribution in [3.05, 3.63) is 112 Å². The van der Waals surface area contributed by atoms with Gasteiger partial charge in [-0.3, -0.25) is 0 Å². The summed E-state index contributed by atoms with van der Waals surface area (Å²) in [5.41, 5.74) is 4.50. The molecule has 9 nitrogen and oxygen atoms in total. The van der Waals surface area contributed by atoms with Gasteiger partial charge < -0.3 is 9.84 Å². The number of carboxylic acids is 1. The molecule has 0 amide bonds. The highest BCUT2D eigenvalue weighted by molar-refractivity contribution is 7.89. The maximum absolute atomic E-state index is 14.9. The number of hydrogen-bond donors (Lipinski definition) is 2. The van der Waals surface area contributed by atoms with Gasteiger partial charge >= 0.3 is 5.97 Å². The van der Waals surface area contributed by atoms with E-state index in [-0.39, 0.29) is 12.1 Å². The molecule has 1 fully saturated rings. The molecule has 0 atom stereocenters. The fraction of sp³-hybridized carbons (Fsp3) is 0.194. The van der Waals surface area contributed by atoms with E-state index in [0.717, 1.165) is 35.2 Å². The second kappa shape index (κ2) is 11.7. The second-order valence-corrected chi connectivity index (χ2v) is 12.8.